The predicted molar refractivity (Wildman–Crippen MR) is 91.0 cm³/mol. The highest BCUT2D eigenvalue weighted by Crippen LogP contribution is 2.38. The van der Waals surface area contributed by atoms with Crippen LogP contribution in [-0.2, 0) is 0 Å². The van der Waals surface area contributed by atoms with Crippen LogP contribution in [0.15, 0.2) is 31.8 Å². The lowest BCUT2D eigenvalue weighted by Gasteiger charge is -2.19. The number of hydrogen-bond donors (Lipinski definition) is 1. The Kier molecular flexibility index (Phi) is 5.78. The van der Waals surface area contributed by atoms with Crippen LogP contribution in [0.2, 0.25) is 0 Å². The van der Waals surface area contributed by atoms with Crippen LogP contribution in [0, 0.1) is 12.7 Å². The van der Waals surface area contributed by atoms with Gasteiger partial charge in [0.1, 0.15) is 5.82 Å². The minimum absolute atomic E-state index is 0.00118. The second-order valence-electron chi connectivity index (χ2n) is 4.73. The maximum atomic E-state index is 13.7. The maximum Gasteiger partial charge on any atom is 0.123 e. The fourth-order valence-corrected chi connectivity index (χ4v) is 5.08. The topological polar surface area (TPSA) is 12.0 Å². The number of halogens is 3. The molecule has 0 spiro atoms. The summed E-state index contributed by atoms with van der Waals surface area (Å²) in [5.74, 6) is -0.186. The zero-order chi connectivity index (χ0) is 14.7. The number of thiophene rings is 1. The summed E-state index contributed by atoms with van der Waals surface area (Å²) in [5, 5.41) is 3.50. The molecule has 2 rings (SSSR count). The average Bonchev–Trinajstić information content (AvgIpc) is 2.68. The van der Waals surface area contributed by atoms with Crippen molar-refractivity contribution in [3.05, 3.63) is 54.3 Å². The molecule has 20 heavy (non-hydrogen) atoms. The summed E-state index contributed by atoms with van der Waals surface area (Å²) in [5.41, 5.74) is 3.04. The molecule has 0 aliphatic rings. The molecule has 0 aliphatic heterocycles. The monoisotopic (exact) mass is 419 g/mol. The summed E-state index contributed by atoms with van der Waals surface area (Å²) >= 11 is 8.74. The fraction of sp³-hybridized carbons (Fsp3) is 0.333. The average molecular weight is 421 g/mol. The molecule has 0 aliphatic carbocycles. The number of benzene rings is 1. The van der Waals surface area contributed by atoms with Gasteiger partial charge in [-0.05, 0) is 86.6 Å². The molecule has 0 bridgehead atoms. The summed E-state index contributed by atoms with van der Waals surface area (Å²) in [6.07, 6.45) is 1.04. The van der Waals surface area contributed by atoms with Crippen LogP contribution >= 0.6 is 43.2 Å². The molecule has 5 heteroatoms. The number of nitrogens with one attached hydrogen (secondary N) is 1. The standard InChI is InChI=1S/C15H16Br2FNS/c1-3-4-19-14(12-8-13(16)20-15(12)17)10-5-9(2)6-11(18)7-10/h5-8,14,19H,3-4H2,1-2H3. The Labute approximate surface area is 139 Å². The zero-order valence-electron chi connectivity index (χ0n) is 11.3. The van der Waals surface area contributed by atoms with E-state index in [0.29, 0.717) is 0 Å². The van der Waals surface area contributed by atoms with Crippen LogP contribution in [-0.4, -0.2) is 6.54 Å². The molecule has 1 unspecified atom stereocenters. The summed E-state index contributed by atoms with van der Waals surface area (Å²) in [6.45, 7) is 4.93. The van der Waals surface area contributed by atoms with Gasteiger partial charge in [-0.15, -0.1) is 11.3 Å². The Morgan fingerprint density at radius 2 is 2.00 bits per heavy atom. The van der Waals surface area contributed by atoms with Gasteiger partial charge in [0.15, 0.2) is 0 Å². The van der Waals surface area contributed by atoms with Crippen molar-refractivity contribution in [2.24, 2.45) is 0 Å². The van der Waals surface area contributed by atoms with Crippen LogP contribution in [0.3, 0.4) is 0 Å². The van der Waals surface area contributed by atoms with Crippen LogP contribution < -0.4 is 5.32 Å². The molecule has 1 heterocycles. The van der Waals surface area contributed by atoms with E-state index in [2.05, 4.69) is 50.2 Å². The Bertz CT molecular complexity index is 577. The van der Waals surface area contributed by atoms with E-state index >= 15 is 0 Å². The molecule has 0 radical (unpaired) electrons. The summed E-state index contributed by atoms with van der Waals surface area (Å²) in [6, 6.07) is 7.29. The number of hydrogen-bond acceptors (Lipinski definition) is 2. The first kappa shape index (κ1) is 16.1. The highest BCUT2D eigenvalue weighted by Gasteiger charge is 2.19. The molecule has 1 atom stereocenters. The first-order chi connectivity index (χ1) is 9.51. The van der Waals surface area contributed by atoms with E-state index in [1.165, 1.54) is 0 Å². The van der Waals surface area contributed by atoms with E-state index < -0.39 is 0 Å². The number of rotatable bonds is 5. The van der Waals surface area contributed by atoms with Crippen molar-refractivity contribution in [1.82, 2.24) is 5.32 Å². The lowest BCUT2D eigenvalue weighted by atomic mass is 9.99. The molecule has 1 nitrogen and oxygen atoms in total. The summed E-state index contributed by atoms with van der Waals surface area (Å²) in [4.78, 5) is 0. The Hall–Kier alpha value is -0.230. The molecule has 0 amide bonds. The van der Waals surface area contributed by atoms with Gasteiger partial charge in [-0.2, -0.15) is 0 Å². The summed E-state index contributed by atoms with van der Waals surface area (Å²) in [7, 11) is 0. The molecule has 108 valence electrons. The van der Waals surface area contributed by atoms with Crippen molar-refractivity contribution in [2.45, 2.75) is 26.3 Å². The van der Waals surface area contributed by atoms with Crippen molar-refractivity contribution in [3.8, 4) is 0 Å². The van der Waals surface area contributed by atoms with E-state index in [4.69, 9.17) is 0 Å². The Balaban J connectivity index is 2.43. The second kappa shape index (κ2) is 7.16. The van der Waals surface area contributed by atoms with Crippen LogP contribution in [0.4, 0.5) is 4.39 Å². The Morgan fingerprint density at radius 3 is 2.55 bits per heavy atom. The van der Waals surface area contributed by atoms with Crippen LogP contribution in [0.5, 0.6) is 0 Å². The van der Waals surface area contributed by atoms with Crippen molar-refractivity contribution in [1.29, 1.82) is 0 Å². The van der Waals surface area contributed by atoms with Crippen LogP contribution in [0.25, 0.3) is 0 Å². The minimum Gasteiger partial charge on any atom is -0.306 e. The van der Waals surface area contributed by atoms with E-state index in [1.807, 2.05) is 13.0 Å². The fourth-order valence-electron chi connectivity index (χ4n) is 2.18. The van der Waals surface area contributed by atoms with Gasteiger partial charge in [0.25, 0.3) is 0 Å². The van der Waals surface area contributed by atoms with Gasteiger partial charge in [0.2, 0.25) is 0 Å². The van der Waals surface area contributed by atoms with E-state index in [9.17, 15) is 4.39 Å². The zero-order valence-corrected chi connectivity index (χ0v) is 15.3. The molecule has 1 N–H and O–H groups in total. The smallest absolute Gasteiger partial charge is 0.123 e. The lowest BCUT2D eigenvalue weighted by molar-refractivity contribution is 0.584. The molecule has 1 aromatic carbocycles. The molecule has 0 saturated heterocycles. The first-order valence-corrected chi connectivity index (χ1v) is 8.86. The highest BCUT2D eigenvalue weighted by atomic mass is 79.9. The molecule has 2 aromatic rings. The second-order valence-corrected chi connectivity index (χ2v) is 8.48. The number of aryl methyl sites for hydroxylation is 1. The van der Waals surface area contributed by atoms with Crippen molar-refractivity contribution < 1.29 is 4.39 Å². The normalized spacial score (nSPS) is 12.7. The van der Waals surface area contributed by atoms with Crippen molar-refractivity contribution in [2.75, 3.05) is 6.54 Å². The van der Waals surface area contributed by atoms with E-state index in [0.717, 1.165) is 37.2 Å². The summed E-state index contributed by atoms with van der Waals surface area (Å²) < 4.78 is 15.8. The lowest BCUT2D eigenvalue weighted by Crippen LogP contribution is -2.23. The van der Waals surface area contributed by atoms with Gasteiger partial charge < -0.3 is 5.32 Å². The van der Waals surface area contributed by atoms with E-state index in [-0.39, 0.29) is 11.9 Å². The van der Waals surface area contributed by atoms with Gasteiger partial charge in [0, 0.05) is 0 Å². The minimum atomic E-state index is -0.186. The third-order valence-electron chi connectivity index (χ3n) is 2.99. The van der Waals surface area contributed by atoms with Gasteiger partial charge >= 0.3 is 0 Å². The SMILES string of the molecule is CCCNC(c1cc(C)cc(F)c1)c1cc(Br)sc1Br. The van der Waals surface area contributed by atoms with Crippen molar-refractivity contribution >= 4 is 43.2 Å². The highest BCUT2D eigenvalue weighted by molar-refractivity contribution is 9.12. The molecular weight excluding hydrogens is 405 g/mol. The predicted octanol–water partition coefficient (Wildman–Crippen LogP) is 5.81. The largest absolute Gasteiger partial charge is 0.306 e. The van der Waals surface area contributed by atoms with Gasteiger partial charge in [-0.3, -0.25) is 0 Å². The van der Waals surface area contributed by atoms with Gasteiger partial charge in [-0.25, -0.2) is 4.39 Å². The van der Waals surface area contributed by atoms with Crippen molar-refractivity contribution in [3.63, 3.8) is 0 Å². The van der Waals surface area contributed by atoms with Crippen LogP contribution in [0.1, 0.15) is 36.1 Å². The maximum absolute atomic E-state index is 13.7. The molecule has 0 fully saturated rings. The quantitative estimate of drug-likeness (QED) is 0.643. The van der Waals surface area contributed by atoms with Gasteiger partial charge in [0.05, 0.1) is 13.6 Å². The van der Waals surface area contributed by atoms with Gasteiger partial charge in [-0.1, -0.05) is 13.0 Å². The molecule has 0 saturated carbocycles. The Morgan fingerprint density at radius 1 is 1.25 bits per heavy atom. The van der Waals surface area contributed by atoms with E-state index in [1.54, 1.807) is 23.5 Å². The third-order valence-corrected chi connectivity index (χ3v) is 5.38. The molecule has 1 aromatic heterocycles. The molecular formula is C15H16Br2FNS. The first-order valence-electron chi connectivity index (χ1n) is 6.46. The third kappa shape index (κ3) is 3.91.